The number of carboxylic acid groups (broad SMARTS) is 1. The number of hydrogen-bond donors (Lipinski definition) is 1. The van der Waals surface area contributed by atoms with Crippen molar-refractivity contribution in [2.75, 3.05) is 18.0 Å². The molecule has 0 amide bonds. The Morgan fingerprint density at radius 2 is 2.06 bits per heavy atom. The van der Waals surface area contributed by atoms with Gasteiger partial charge in [-0.3, -0.25) is 4.79 Å². The predicted molar refractivity (Wildman–Crippen MR) is 65.9 cm³/mol. The maximum atomic E-state index is 10.5. The molecule has 0 heterocycles. The van der Waals surface area contributed by atoms with Crippen LogP contribution in [-0.4, -0.2) is 24.2 Å². The Morgan fingerprint density at radius 1 is 1.41 bits per heavy atom. The quantitative estimate of drug-likeness (QED) is 0.762. The van der Waals surface area contributed by atoms with Crippen LogP contribution in [0.1, 0.15) is 18.9 Å². The number of aliphatic carboxylic acids is 1. The molecule has 0 fully saturated rings. The lowest BCUT2D eigenvalue weighted by Crippen LogP contribution is -2.26. The minimum Gasteiger partial charge on any atom is -0.481 e. The highest BCUT2D eigenvalue weighted by Crippen LogP contribution is 2.15. The van der Waals surface area contributed by atoms with Gasteiger partial charge in [0.25, 0.3) is 0 Å². The third-order valence-electron chi connectivity index (χ3n) is 2.57. The van der Waals surface area contributed by atoms with E-state index in [2.05, 4.69) is 13.0 Å². The minimum absolute atomic E-state index is 0.0389. The average Bonchev–Trinajstić information content (AvgIpc) is 2.34. The third kappa shape index (κ3) is 4.15. The molecular formula is C13H16N2O2. The molecule has 1 aromatic rings. The summed E-state index contributed by atoms with van der Waals surface area (Å²) >= 11 is 0. The number of anilines is 1. The number of hydrogen-bond acceptors (Lipinski definition) is 3. The highest BCUT2D eigenvalue weighted by Gasteiger charge is 2.07. The Balaban J connectivity index is 2.74. The van der Waals surface area contributed by atoms with Crippen molar-refractivity contribution in [1.29, 1.82) is 5.26 Å². The molecule has 17 heavy (non-hydrogen) atoms. The van der Waals surface area contributed by atoms with E-state index in [1.807, 2.05) is 24.3 Å². The Hall–Kier alpha value is -2.02. The molecule has 0 aliphatic carbocycles. The van der Waals surface area contributed by atoms with Crippen molar-refractivity contribution in [3.8, 4) is 6.07 Å². The predicted octanol–water partition coefficient (Wildman–Crippen LogP) is 2.05. The first-order chi connectivity index (χ1) is 8.17. The molecular weight excluding hydrogens is 216 g/mol. The van der Waals surface area contributed by atoms with Crippen LogP contribution >= 0.6 is 0 Å². The van der Waals surface area contributed by atoms with Crippen LogP contribution in [0.5, 0.6) is 0 Å². The summed E-state index contributed by atoms with van der Waals surface area (Å²) in [5.74, 6) is -0.849. The molecule has 0 spiro atoms. The molecule has 0 aliphatic rings. The van der Waals surface area contributed by atoms with Gasteiger partial charge in [-0.25, -0.2) is 0 Å². The van der Waals surface area contributed by atoms with E-state index in [1.165, 1.54) is 5.56 Å². The molecule has 0 saturated carbocycles. The zero-order chi connectivity index (χ0) is 12.7. The highest BCUT2D eigenvalue weighted by molar-refractivity contribution is 5.67. The third-order valence-corrected chi connectivity index (χ3v) is 2.57. The summed E-state index contributed by atoms with van der Waals surface area (Å²) < 4.78 is 0. The van der Waals surface area contributed by atoms with Crippen molar-refractivity contribution in [2.24, 2.45) is 0 Å². The normalized spacial score (nSPS) is 9.65. The molecule has 4 heteroatoms. The van der Waals surface area contributed by atoms with E-state index in [1.54, 1.807) is 4.90 Å². The van der Waals surface area contributed by atoms with Gasteiger partial charge in [-0.2, -0.15) is 5.26 Å². The van der Waals surface area contributed by atoms with E-state index < -0.39 is 5.97 Å². The van der Waals surface area contributed by atoms with Crippen molar-refractivity contribution in [3.63, 3.8) is 0 Å². The lowest BCUT2D eigenvalue weighted by atomic mass is 10.1. The first-order valence-corrected chi connectivity index (χ1v) is 5.60. The van der Waals surface area contributed by atoms with Gasteiger partial charge >= 0.3 is 5.97 Å². The molecule has 1 aromatic carbocycles. The molecule has 0 aromatic heterocycles. The van der Waals surface area contributed by atoms with Gasteiger partial charge in [-0.05, 0) is 24.1 Å². The molecule has 0 saturated heterocycles. The van der Waals surface area contributed by atoms with Crippen LogP contribution in [0.3, 0.4) is 0 Å². The van der Waals surface area contributed by atoms with Crippen LogP contribution in [-0.2, 0) is 11.2 Å². The lowest BCUT2D eigenvalue weighted by molar-refractivity contribution is -0.136. The number of nitrogens with zero attached hydrogens (tertiary/aromatic N) is 2. The van der Waals surface area contributed by atoms with E-state index in [0.717, 1.165) is 12.1 Å². The highest BCUT2D eigenvalue weighted by atomic mass is 16.4. The lowest BCUT2D eigenvalue weighted by Gasteiger charge is -2.21. The van der Waals surface area contributed by atoms with Gasteiger partial charge in [0.1, 0.15) is 6.54 Å². The summed E-state index contributed by atoms with van der Waals surface area (Å²) in [5.41, 5.74) is 2.12. The molecule has 90 valence electrons. The number of carboxylic acids is 1. The first kappa shape index (κ1) is 13.0. The van der Waals surface area contributed by atoms with E-state index >= 15 is 0 Å². The van der Waals surface area contributed by atoms with Gasteiger partial charge in [-0.15, -0.1) is 0 Å². The van der Waals surface area contributed by atoms with Gasteiger partial charge in [0.2, 0.25) is 0 Å². The maximum absolute atomic E-state index is 10.5. The average molecular weight is 232 g/mol. The minimum atomic E-state index is -0.849. The summed E-state index contributed by atoms with van der Waals surface area (Å²) in [6.45, 7) is 2.64. The molecule has 0 radical (unpaired) electrons. The van der Waals surface area contributed by atoms with Gasteiger partial charge < -0.3 is 10.0 Å². The Kier molecular flexibility index (Phi) is 5.02. The largest absolute Gasteiger partial charge is 0.481 e. The zero-order valence-electron chi connectivity index (χ0n) is 9.89. The summed E-state index contributed by atoms with van der Waals surface area (Å²) in [6.07, 6.45) is 1.00. The van der Waals surface area contributed by atoms with Gasteiger partial charge in [0.05, 0.1) is 12.5 Å². The van der Waals surface area contributed by atoms with Crippen LogP contribution < -0.4 is 4.90 Å². The Labute approximate surface area is 101 Å². The van der Waals surface area contributed by atoms with Crippen LogP contribution in [0.4, 0.5) is 5.69 Å². The van der Waals surface area contributed by atoms with Crippen LogP contribution in [0.25, 0.3) is 0 Å². The zero-order valence-corrected chi connectivity index (χ0v) is 9.89. The number of carbonyl (C=O) groups is 1. The van der Waals surface area contributed by atoms with Crippen molar-refractivity contribution >= 4 is 11.7 Å². The van der Waals surface area contributed by atoms with Crippen LogP contribution in [0, 0.1) is 11.3 Å². The Morgan fingerprint density at radius 3 is 2.53 bits per heavy atom. The van der Waals surface area contributed by atoms with Gasteiger partial charge in [-0.1, -0.05) is 19.1 Å². The van der Waals surface area contributed by atoms with Crippen LogP contribution in [0.2, 0.25) is 0 Å². The van der Waals surface area contributed by atoms with Gasteiger partial charge in [0, 0.05) is 12.2 Å². The molecule has 1 rings (SSSR count). The number of nitriles is 1. The summed E-state index contributed by atoms with van der Waals surface area (Å²) in [7, 11) is 0. The second-order valence-corrected chi connectivity index (χ2v) is 3.74. The number of aryl methyl sites for hydroxylation is 1. The Bertz CT molecular complexity index is 406. The van der Waals surface area contributed by atoms with Crippen molar-refractivity contribution in [1.82, 2.24) is 0 Å². The van der Waals surface area contributed by atoms with E-state index in [4.69, 9.17) is 10.4 Å². The molecule has 0 aliphatic heterocycles. The standard InChI is InChI=1S/C13H16N2O2/c1-2-11-3-5-12(6-4-11)15(10-8-14)9-7-13(16)17/h3-6H,2,7,9-10H2,1H3,(H,16,17). The maximum Gasteiger partial charge on any atom is 0.305 e. The fourth-order valence-electron chi connectivity index (χ4n) is 1.56. The van der Waals surface area contributed by atoms with Crippen LogP contribution in [0.15, 0.2) is 24.3 Å². The van der Waals surface area contributed by atoms with Crippen molar-refractivity contribution in [2.45, 2.75) is 19.8 Å². The van der Waals surface area contributed by atoms with E-state index in [0.29, 0.717) is 6.54 Å². The smallest absolute Gasteiger partial charge is 0.305 e. The topological polar surface area (TPSA) is 64.3 Å². The molecule has 1 N–H and O–H groups in total. The second kappa shape index (κ2) is 6.54. The summed E-state index contributed by atoms with van der Waals surface area (Å²) in [6, 6.07) is 9.91. The molecule has 0 bridgehead atoms. The first-order valence-electron chi connectivity index (χ1n) is 5.60. The fraction of sp³-hybridized carbons (Fsp3) is 0.385. The second-order valence-electron chi connectivity index (χ2n) is 3.74. The fourth-order valence-corrected chi connectivity index (χ4v) is 1.56. The van der Waals surface area contributed by atoms with Gasteiger partial charge in [0.15, 0.2) is 0 Å². The SMILES string of the molecule is CCc1ccc(N(CC#N)CCC(=O)O)cc1. The van der Waals surface area contributed by atoms with E-state index in [-0.39, 0.29) is 13.0 Å². The summed E-state index contributed by atoms with van der Waals surface area (Å²) in [4.78, 5) is 12.3. The molecule has 0 unspecified atom stereocenters. The van der Waals surface area contributed by atoms with E-state index in [9.17, 15) is 4.79 Å². The molecule has 0 atom stereocenters. The summed E-state index contributed by atoms with van der Waals surface area (Å²) in [5, 5.41) is 17.4. The molecule has 4 nitrogen and oxygen atoms in total. The monoisotopic (exact) mass is 232 g/mol. The van der Waals surface area contributed by atoms with Crippen molar-refractivity contribution in [3.05, 3.63) is 29.8 Å². The number of benzene rings is 1. The number of rotatable bonds is 6. The van der Waals surface area contributed by atoms with Crippen molar-refractivity contribution < 1.29 is 9.90 Å².